The Morgan fingerprint density at radius 1 is 1.17 bits per heavy atom. The van der Waals surface area contributed by atoms with Crippen LogP contribution < -0.4 is 70.4 Å². The quantitative estimate of drug-likeness (QED) is 0.207. The number of hydrogen-bond acceptors (Lipinski definition) is 4. The first-order chi connectivity index (χ1) is 7.27. The van der Waals surface area contributed by atoms with Gasteiger partial charge in [0.15, 0.2) is 5.65 Å². The van der Waals surface area contributed by atoms with Crippen LogP contribution in [0.2, 0.25) is 0 Å². The molecule has 0 saturated carbocycles. The predicted octanol–water partition coefficient (Wildman–Crippen LogP) is -7.76. The standard InChI is InChI=1S/C5H4N4O2.2Na.H3O4P.2H/c10-4-2-3(7-1-6-2)8-5(11)9-4;;;1-5(2,3)4;;/h1H,(H3,6,7,8,9,10,11);;;(H3,1,2,3,4);;/q;2*+1;;2*-1. The van der Waals surface area contributed by atoms with E-state index in [1.807, 2.05) is 0 Å². The van der Waals surface area contributed by atoms with Crippen molar-refractivity contribution in [1.29, 1.82) is 0 Å². The third-order valence-electron chi connectivity index (χ3n) is 1.33. The third-order valence-corrected chi connectivity index (χ3v) is 1.33. The number of fused-ring (bicyclic) bond motifs is 1. The summed E-state index contributed by atoms with van der Waals surface area (Å²) in [4.78, 5) is 53.8. The van der Waals surface area contributed by atoms with Gasteiger partial charge in [-0.25, -0.2) is 14.3 Å². The molecule has 10 nitrogen and oxygen atoms in total. The smallest absolute Gasteiger partial charge is 1.00 e. The van der Waals surface area contributed by atoms with Gasteiger partial charge >= 0.3 is 72.6 Å². The summed E-state index contributed by atoms with van der Waals surface area (Å²) in [5.74, 6) is 0. The van der Waals surface area contributed by atoms with E-state index < -0.39 is 19.1 Å². The number of nitrogens with one attached hydrogen (secondary N) is 3. The van der Waals surface area contributed by atoms with Gasteiger partial charge in [-0.2, -0.15) is 0 Å². The number of hydrogen-bond donors (Lipinski definition) is 6. The van der Waals surface area contributed by atoms with Crippen molar-refractivity contribution < 1.29 is 81.2 Å². The molecule has 13 heteroatoms. The molecule has 2 heterocycles. The second-order valence-corrected chi connectivity index (χ2v) is 3.57. The summed E-state index contributed by atoms with van der Waals surface area (Å²) in [5.41, 5.74) is -0.445. The van der Waals surface area contributed by atoms with Crippen LogP contribution in [-0.4, -0.2) is 34.6 Å². The molecule has 0 atom stereocenters. The van der Waals surface area contributed by atoms with E-state index in [0.29, 0.717) is 0 Å². The maximum atomic E-state index is 10.9. The van der Waals surface area contributed by atoms with Gasteiger partial charge in [0.2, 0.25) is 0 Å². The molecular formula is C5H9N4Na2O6P. The van der Waals surface area contributed by atoms with E-state index in [2.05, 4.69) is 19.9 Å². The summed E-state index contributed by atoms with van der Waals surface area (Å²) in [5, 5.41) is 0. The molecule has 0 fully saturated rings. The van der Waals surface area contributed by atoms with E-state index in [-0.39, 0.29) is 73.1 Å². The fourth-order valence-electron chi connectivity index (χ4n) is 0.867. The van der Waals surface area contributed by atoms with Gasteiger partial charge in [0.05, 0.1) is 6.33 Å². The van der Waals surface area contributed by atoms with Crippen LogP contribution in [0.25, 0.3) is 11.2 Å². The summed E-state index contributed by atoms with van der Waals surface area (Å²) >= 11 is 0. The molecule has 0 aliphatic heterocycles. The van der Waals surface area contributed by atoms with Crippen molar-refractivity contribution in [3.8, 4) is 0 Å². The molecule has 0 aromatic carbocycles. The van der Waals surface area contributed by atoms with Crippen LogP contribution in [0.3, 0.4) is 0 Å². The zero-order valence-electron chi connectivity index (χ0n) is 11.5. The molecule has 0 aliphatic rings. The van der Waals surface area contributed by atoms with Crippen molar-refractivity contribution in [3.05, 3.63) is 27.2 Å². The van der Waals surface area contributed by atoms with Gasteiger partial charge in [-0.3, -0.25) is 14.8 Å². The Kier molecular flexibility index (Phi) is 9.64. The van der Waals surface area contributed by atoms with E-state index >= 15 is 0 Å². The molecule has 0 aliphatic carbocycles. The maximum Gasteiger partial charge on any atom is 1.00 e. The van der Waals surface area contributed by atoms with Crippen molar-refractivity contribution >= 4 is 19.0 Å². The van der Waals surface area contributed by atoms with Gasteiger partial charge in [0, 0.05) is 0 Å². The normalized spacial score (nSPS) is 9.72. The first kappa shape index (κ1) is 20.6. The molecule has 0 bridgehead atoms. The Morgan fingerprint density at radius 3 is 2.17 bits per heavy atom. The van der Waals surface area contributed by atoms with Gasteiger partial charge in [0.1, 0.15) is 5.52 Å². The van der Waals surface area contributed by atoms with Gasteiger partial charge < -0.3 is 22.5 Å². The summed E-state index contributed by atoms with van der Waals surface area (Å²) < 4.78 is 8.88. The monoisotopic (exact) mass is 298 g/mol. The van der Waals surface area contributed by atoms with E-state index in [9.17, 15) is 9.59 Å². The topological polar surface area (TPSA) is 172 Å². The number of rotatable bonds is 0. The third kappa shape index (κ3) is 7.64. The molecular weight excluding hydrogens is 289 g/mol. The number of nitrogens with zero attached hydrogens (tertiary/aromatic N) is 1. The molecule has 2 aromatic heterocycles. The van der Waals surface area contributed by atoms with Crippen LogP contribution >= 0.6 is 7.82 Å². The minimum absolute atomic E-state index is 0. The number of H-pyrrole nitrogens is 3. The number of imidazole rings is 1. The molecule has 92 valence electrons. The molecule has 2 rings (SSSR count). The SMILES string of the molecule is O=P(O)(O)O.O=c1[nH]c(=O)c2[nH]cnc2[nH]1.[H-].[H-].[Na+].[Na+]. The minimum atomic E-state index is -4.64. The second kappa shape index (κ2) is 8.43. The summed E-state index contributed by atoms with van der Waals surface area (Å²) in [6, 6.07) is 0. The van der Waals surface area contributed by atoms with Gasteiger partial charge in [-0.15, -0.1) is 0 Å². The summed E-state index contributed by atoms with van der Waals surface area (Å²) in [6.45, 7) is 0. The Balaban J connectivity index is -0.000000128. The Bertz CT molecular complexity index is 644. The summed E-state index contributed by atoms with van der Waals surface area (Å²) in [7, 11) is -4.64. The zero-order valence-corrected chi connectivity index (χ0v) is 14.4. The van der Waals surface area contributed by atoms with Crippen molar-refractivity contribution in [2.45, 2.75) is 0 Å². The first-order valence-corrected chi connectivity index (χ1v) is 5.28. The fraction of sp³-hybridized carbons (Fsp3) is 0. The number of aromatic amines is 3. The minimum Gasteiger partial charge on any atom is -1.00 e. The Labute approximate surface area is 146 Å². The molecule has 0 amide bonds. The average Bonchev–Trinajstić information content (AvgIpc) is 2.47. The largest absolute Gasteiger partial charge is 1.00 e. The first-order valence-electron chi connectivity index (χ1n) is 3.71. The molecule has 6 N–H and O–H groups in total. The van der Waals surface area contributed by atoms with Crippen LogP contribution in [-0.2, 0) is 4.57 Å². The average molecular weight is 298 g/mol. The zero-order chi connectivity index (χ0) is 12.3. The van der Waals surface area contributed by atoms with Crippen LogP contribution in [0, 0.1) is 0 Å². The number of aromatic nitrogens is 4. The Morgan fingerprint density at radius 2 is 1.67 bits per heavy atom. The van der Waals surface area contributed by atoms with E-state index in [4.69, 9.17) is 19.2 Å². The molecule has 0 saturated heterocycles. The maximum absolute atomic E-state index is 10.9. The van der Waals surface area contributed by atoms with Crippen LogP contribution in [0.1, 0.15) is 2.85 Å². The van der Waals surface area contributed by atoms with Crippen molar-refractivity contribution in [2.75, 3.05) is 0 Å². The fourth-order valence-corrected chi connectivity index (χ4v) is 0.867. The molecule has 0 unspecified atom stereocenters. The van der Waals surface area contributed by atoms with Crippen LogP contribution in [0.4, 0.5) is 0 Å². The molecule has 18 heavy (non-hydrogen) atoms. The van der Waals surface area contributed by atoms with Crippen molar-refractivity contribution in [3.63, 3.8) is 0 Å². The second-order valence-electron chi connectivity index (χ2n) is 2.55. The van der Waals surface area contributed by atoms with Crippen LogP contribution in [0.5, 0.6) is 0 Å². The van der Waals surface area contributed by atoms with Gasteiger partial charge in [-0.05, 0) is 0 Å². The van der Waals surface area contributed by atoms with Crippen LogP contribution in [0.15, 0.2) is 15.9 Å². The van der Waals surface area contributed by atoms with Gasteiger partial charge in [-0.1, -0.05) is 0 Å². The van der Waals surface area contributed by atoms with E-state index in [1.54, 1.807) is 0 Å². The molecule has 2 aromatic rings. The molecule has 0 radical (unpaired) electrons. The summed E-state index contributed by atoms with van der Waals surface area (Å²) in [6.07, 6.45) is 1.34. The van der Waals surface area contributed by atoms with Crippen molar-refractivity contribution in [1.82, 2.24) is 19.9 Å². The Hall–Kier alpha value is 0.260. The van der Waals surface area contributed by atoms with Gasteiger partial charge in [0.25, 0.3) is 5.56 Å². The van der Waals surface area contributed by atoms with E-state index in [0.717, 1.165) is 0 Å². The predicted molar refractivity (Wildman–Crippen MR) is 53.8 cm³/mol. The number of phosphoric acid groups is 1. The van der Waals surface area contributed by atoms with E-state index in [1.165, 1.54) is 6.33 Å². The molecule has 0 spiro atoms. The van der Waals surface area contributed by atoms with Crippen molar-refractivity contribution in [2.24, 2.45) is 0 Å².